The van der Waals surface area contributed by atoms with Crippen molar-refractivity contribution >= 4 is 29.4 Å². The minimum Gasteiger partial charge on any atom is -0.497 e. The Morgan fingerprint density at radius 3 is 2.42 bits per heavy atom. The molecule has 3 aliphatic heterocycles. The Hall–Kier alpha value is -4.48. The highest BCUT2D eigenvalue weighted by atomic mass is 16.6. The monoisotopic (exact) mass is 715 g/mol. The Balaban J connectivity index is 1.47. The fraction of sp³-hybridized carbons (Fsp3) is 0.512. The number of rotatable bonds is 19. The van der Waals surface area contributed by atoms with Gasteiger partial charge in [0, 0.05) is 38.9 Å². The molecule has 3 aliphatic rings. The summed E-state index contributed by atoms with van der Waals surface area (Å²) in [4.78, 5) is 61.8. The zero-order valence-corrected chi connectivity index (χ0v) is 30.7. The van der Waals surface area contributed by atoms with Crippen LogP contribution in [0.4, 0.5) is 5.69 Å². The molecule has 280 valence electrons. The lowest BCUT2D eigenvalue weighted by molar-refractivity contribution is -0.164. The number of aliphatic hydroxyl groups excluding tert-OH is 1. The van der Waals surface area contributed by atoms with Crippen LogP contribution >= 0.6 is 0 Å². The Labute approximate surface area is 307 Å². The number of methoxy groups -OCH3 is 1. The highest BCUT2D eigenvalue weighted by molar-refractivity contribution is 6.04. The molecular weight excluding hydrogens is 662 g/mol. The quantitative estimate of drug-likeness (QED) is 0.119. The number of anilines is 1. The average Bonchev–Trinajstić information content (AvgIpc) is 3.81. The topological polar surface area (TPSA) is 126 Å². The molecule has 52 heavy (non-hydrogen) atoms. The molecule has 3 amide bonds. The number of hydrogen-bond acceptors (Lipinski definition) is 8. The Morgan fingerprint density at radius 1 is 1.06 bits per heavy atom. The molecule has 0 radical (unpaired) electrons. The van der Waals surface area contributed by atoms with Gasteiger partial charge >= 0.3 is 5.97 Å². The SMILES string of the molecule is C=CCCC(=O)N(C)[C@@H](C)[C@@H](OC(=O)[C@@H]1[C@H]2C(=O)N(CCCCCCO)[C@H](C(=O)N(CC=C)c3ccc(OC)cc3)[C@]23CC[C@H]1O3)c1ccccc1. The van der Waals surface area contributed by atoms with E-state index in [0.717, 1.165) is 18.4 Å². The largest absolute Gasteiger partial charge is 0.497 e. The average molecular weight is 716 g/mol. The Kier molecular flexibility index (Phi) is 12.9. The molecule has 0 aromatic heterocycles. The molecule has 11 nitrogen and oxygen atoms in total. The smallest absolute Gasteiger partial charge is 0.313 e. The van der Waals surface area contributed by atoms with Crippen LogP contribution in [0, 0.1) is 11.8 Å². The molecule has 0 unspecified atom stereocenters. The first-order valence-corrected chi connectivity index (χ1v) is 18.4. The number of aliphatic hydroxyl groups is 1. The first-order valence-electron chi connectivity index (χ1n) is 18.4. The molecule has 7 atom stereocenters. The maximum absolute atomic E-state index is 14.8. The first kappa shape index (κ1) is 38.7. The maximum atomic E-state index is 14.8. The molecule has 3 fully saturated rings. The number of ether oxygens (including phenoxy) is 3. The maximum Gasteiger partial charge on any atom is 0.313 e. The number of likely N-dealkylation sites (tertiary alicyclic amines) is 1. The van der Waals surface area contributed by atoms with Gasteiger partial charge in [0.05, 0.1) is 31.1 Å². The molecule has 2 bridgehead atoms. The van der Waals surface area contributed by atoms with Gasteiger partial charge in [-0.15, -0.1) is 13.2 Å². The molecule has 5 rings (SSSR count). The highest BCUT2D eigenvalue weighted by Gasteiger charge is 2.75. The predicted molar refractivity (Wildman–Crippen MR) is 197 cm³/mol. The number of unbranched alkanes of at least 4 members (excludes halogenated alkanes) is 3. The molecule has 1 N–H and O–H groups in total. The molecular formula is C41H53N3O8. The molecule has 11 heteroatoms. The van der Waals surface area contributed by atoms with Crippen molar-refractivity contribution < 1.29 is 38.5 Å². The van der Waals surface area contributed by atoms with Crippen molar-refractivity contribution in [2.45, 2.75) is 88.2 Å². The van der Waals surface area contributed by atoms with E-state index in [1.54, 1.807) is 65.3 Å². The zero-order chi connectivity index (χ0) is 37.4. The van der Waals surface area contributed by atoms with Crippen LogP contribution in [0.5, 0.6) is 5.75 Å². The second-order valence-corrected chi connectivity index (χ2v) is 14.0. The van der Waals surface area contributed by atoms with Gasteiger partial charge in [-0.2, -0.15) is 0 Å². The Morgan fingerprint density at radius 2 is 1.77 bits per heavy atom. The molecule has 0 aliphatic carbocycles. The fourth-order valence-electron chi connectivity index (χ4n) is 8.17. The van der Waals surface area contributed by atoms with Gasteiger partial charge < -0.3 is 34.0 Å². The summed E-state index contributed by atoms with van der Waals surface area (Å²) in [5.74, 6) is -2.47. The fourth-order valence-corrected chi connectivity index (χ4v) is 8.17. The van der Waals surface area contributed by atoms with Gasteiger partial charge in [-0.25, -0.2) is 0 Å². The summed E-state index contributed by atoms with van der Waals surface area (Å²) in [6.45, 7) is 10.1. The lowest BCUT2D eigenvalue weighted by atomic mass is 9.70. The van der Waals surface area contributed by atoms with Gasteiger partial charge in [-0.1, -0.05) is 55.3 Å². The highest BCUT2D eigenvalue weighted by Crippen LogP contribution is 2.59. The van der Waals surface area contributed by atoms with Crippen LogP contribution in [-0.2, 0) is 28.7 Å². The van der Waals surface area contributed by atoms with Crippen molar-refractivity contribution in [3.63, 3.8) is 0 Å². The van der Waals surface area contributed by atoms with E-state index in [9.17, 15) is 24.3 Å². The van der Waals surface area contributed by atoms with Crippen molar-refractivity contribution in [3.05, 3.63) is 85.5 Å². The zero-order valence-electron chi connectivity index (χ0n) is 30.7. The van der Waals surface area contributed by atoms with Gasteiger partial charge in [0.15, 0.2) is 0 Å². The van der Waals surface area contributed by atoms with E-state index in [0.29, 0.717) is 50.1 Å². The molecule has 3 saturated heterocycles. The third kappa shape index (κ3) is 7.66. The van der Waals surface area contributed by atoms with Crippen molar-refractivity contribution in [2.75, 3.05) is 38.8 Å². The second-order valence-electron chi connectivity index (χ2n) is 14.0. The minimum atomic E-state index is -1.22. The normalized spacial score (nSPS) is 24.2. The summed E-state index contributed by atoms with van der Waals surface area (Å²) in [6.07, 6.45) is 6.51. The first-order chi connectivity index (χ1) is 25.1. The van der Waals surface area contributed by atoms with E-state index >= 15 is 0 Å². The number of benzene rings is 2. The van der Waals surface area contributed by atoms with Crippen LogP contribution in [0.15, 0.2) is 79.9 Å². The van der Waals surface area contributed by atoms with Crippen LogP contribution < -0.4 is 9.64 Å². The molecule has 2 aromatic rings. The van der Waals surface area contributed by atoms with Crippen molar-refractivity contribution in [1.29, 1.82) is 0 Å². The summed E-state index contributed by atoms with van der Waals surface area (Å²) in [7, 11) is 3.27. The molecule has 0 saturated carbocycles. The number of amides is 3. The predicted octanol–water partition coefficient (Wildman–Crippen LogP) is 5.24. The van der Waals surface area contributed by atoms with E-state index in [4.69, 9.17) is 14.2 Å². The third-order valence-electron chi connectivity index (χ3n) is 11.0. The van der Waals surface area contributed by atoms with Gasteiger partial charge in [0.25, 0.3) is 5.91 Å². The van der Waals surface area contributed by atoms with Crippen LogP contribution in [0.3, 0.4) is 0 Å². The number of allylic oxidation sites excluding steroid dienone is 1. The molecule has 3 heterocycles. The van der Waals surface area contributed by atoms with E-state index in [1.807, 2.05) is 37.3 Å². The number of esters is 1. The van der Waals surface area contributed by atoms with Crippen molar-refractivity contribution in [2.24, 2.45) is 11.8 Å². The van der Waals surface area contributed by atoms with Crippen LogP contribution in [-0.4, -0.2) is 96.2 Å². The van der Waals surface area contributed by atoms with E-state index in [1.165, 1.54) is 0 Å². The van der Waals surface area contributed by atoms with E-state index in [-0.39, 0.29) is 37.3 Å². The second kappa shape index (κ2) is 17.4. The van der Waals surface area contributed by atoms with E-state index < -0.39 is 47.7 Å². The summed E-state index contributed by atoms with van der Waals surface area (Å²) >= 11 is 0. The van der Waals surface area contributed by atoms with Crippen LogP contribution in [0.1, 0.15) is 70.0 Å². The summed E-state index contributed by atoms with van der Waals surface area (Å²) in [5.41, 5.74) is 0.126. The summed E-state index contributed by atoms with van der Waals surface area (Å²) < 4.78 is 18.4. The number of hydrogen-bond donors (Lipinski definition) is 1. The van der Waals surface area contributed by atoms with E-state index in [2.05, 4.69) is 13.2 Å². The standard InChI is InChI=1S/C41H53N3O8/c1-6-8-18-33(46)42(4)28(3)36(29-16-12-11-13-17-29)51-40(49)34-32-23-24-41(52-32)35(34)38(47)44(26-14-9-10-15-27-45)37(41)39(48)43(25-7-2)30-19-21-31(50-5)22-20-30/h6-7,11-13,16-17,19-22,28,32,34-37,45H,1-2,8-10,14-15,18,23-27H2,3-5H3/t28-,32+,34-,35-,36+,37+,41-/m0/s1. The van der Waals surface area contributed by atoms with Gasteiger partial charge in [-0.05, 0) is 68.9 Å². The van der Waals surface area contributed by atoms with Gasteiger partial charge in [0.1, 0.15) is 23.5 Å². The van der Waals surface area contributed by atoms with Crippen LogP contribution in [0.2, 0.25) is 0 Å². The van der Waals surface area contributed by atoms with Gasteiger partial charge in [-0.3, -0.25) is 19.2 Å². The van der Waals surface area contributed by atoms with Crippen molar-refractivity contribution in [3.8, 4) is 5.75 Å². The van der Waals surface area contributed by atoms with Crippen LogP contribution in [0.25, 0.3) is 0 Å². The van der Waals surface area contributed by atoms with Crippen molar-refractivity contribution in [1.82, 2.24) is 9.80 Å². The molecule has 1 spiro atoms. The summed E-state index contributed by atoms with van der Waals surface area (Å²) in [6, 6.07) is 14.9. The number of carbonyl (C=O) groups excluding carboxylic acids is 4. The van der Waals surface area contributed by atoms with Gasteiger partial charge in [0.2, 0.25) is 11.8 Å². The lowest BCUT2D eigenvalue weighted by Gasteiger charge is -2.37. The number of nitrogens with zero attached hydrogens (tertiary/aromatic N) is 3. The lowest BCUT2D eigenvalue weighted by Crippen LogP contribution is -2.56. The third-order valence-corrected chi connectivity index (χ3v) is 11.0. The number of likely N-dealkylation sites (N-methyl/N-ethyl adjacent to an activating group) is 1. The minimum absolute atomic E-state index is 0.0910. The Bertz CT molecular complexity index is 1580. The molecule has 2 aromatic carbocycles. The number of fused-ring (bicyclic) bond motifs is 1. The summed E-state index contributed by atoms with van der Waals surface area (Å²) in [5, 5.41) is 9.29. The number of carbonyl (C=O) groups is 4.